The summed E-state index contributed by atoms with van der Waals surface area (Å²) in [5.74, 6) is 0.840. The molecule has 160 valence electrons. The van der Waals surface area contributed by atoms with E-state index in [1.807, 2.05) is 24.3 Å². The second-order valence-electron chi connectivity index (χ2n) is 7.36. The molecule has 0 saturated heterocycles. The predicted molar refractivity (Wildman–Crippen MR) is 126 cm³/mol. The van der Waals surface area contributed by atoms with Crippen LogP contribution in [0.4, 0.5) is 0 Å². The lowest BCUT2D eigenvalue weighted by molar-refractivity contribution is -0.0370. The molecule has 3 aromatic rings. The first-order valence-corrected chi connectivity index (χ1v) is 11.5. The summed E-state index contributed by atoms with van der Waals surface area (Å²) in [7, 11) is 2.41. The van der Waals surface area contributed by atoms with Crippen molar-refractivity contribution in [3.63, 3.8) is 0 Å². The first-order chi connectivity index (χ1) is 15.3. The third-order valence-corrected chi connectivity index (χ3v) is 7.30. The summed E-state index contributed by atoms with van der Waals surface area (Å²) in [6.07, 6.45) is 2.24. The monoisotopic (exact) mass is 434 g/mol. The molecule has 4 rings (SSSR count). The highest BCUT2D eigenvalue weighted by Crippen LogP contribution is 2.49. The molecule has 3 aromatic carbocycles. The Morgan fingerprint density at radius 1 is 0.774 bits per heavy atom. The van der Waals surface area contributed by atoms with Gasteiger partial charge in [0.1, 0.15) is 12.5 Å². The first kappa shape index (κ1) is 21.7. The number of ether oxygens (including phenoxy) is 3. The van der Waals surface area contributed by atoms with Crippen LogP contribution in [0.3, 0.4) is 0 Å². The van der Waals surface area contributed by atoms with Crippen LogP contribution in [0.15, 0.2) is 96.6 Å². The lowest BCUT2D eigenvalue weighted by atomic mass is 9.91. The van der Waals surface area contributed by atoms with Crippen molar-refractivity contribution in [1.29, 1.82) is 0 Å². The second-order valence-corrected chi connectivity index (χ2v) is 9.24. The standard InChI is InChI=1S/C26H27O4P/c1-27-20-29-19-26(21-13-15-23(28-2)16-14-21)17-22(26)18-30-31(24-9-5-3-6-10-24)25-11-7-4-8-12-25/h3-17H,18-20H2,1-2H3. The Labute approximate surface area is 185 Å². The molecule has 4 nitrogen and oxygen atoms in total. The average molecular weight is 434 g/mol. The van der Waals surface area contributed by atoms with E-state index >= 15 is 0 Å². The van der Waals surface area contributed by atoms with E-state index in [0.29, 0.717) is 13.2 Å². The van der Waals surface area contributed by atoms with E-state index in [1.54, 1.807) is 14.2 Å². The van der Waals surface area contributed by atoms with Gasteiger partial charge in [-0.1, -0.05) is 78.9 Å². The summed E-state index contributed by atoms with van der Waals surface area (Å²) in [6.45, 7) is 1.35. The maximum absolute atomic E-state index is 6.55. The molecule has 0 heterocycles. The molecule has 0 radical (unpaired) electrons. The van der Waals surface area contributed by atoms with Gasteiger partial charge in [0.2, 0.25) is 0 Å². The topological polar surface area (TPSA) is 36.9 Å². The van der Waals surface area contributed by atoms with Crippen LogP contribution in [0, 0.1) is 0 Å². The summed E-state index contributed by atoms with van der Waals surface area (Å²) < 4.78 is 22.7. The average Bonchev–Trinajstić information content (AvgIpc) is 3.55. The molecule has 0 saturated carbocycles. The molecule has 0 aromatic heterocycles. The maximum atomic E-state index is 6.55. The Morgan fingerprint density at radius 2 is 1.39 bits per heavy atom. The molecule has 0 spiro atoms. The van der Waals surface area contributed by atoms with Crippen molar-refractivity contribution in [3.8, 4) is 5.75 Å². The molecule has 1 aliphatic rings. The van der Waals surface area contributed by atoms with Crippen LogP contribution in [-0.2, 0) is 19.4 Å². The highest BCUT2D eigenvalue weighted by molar-refractivity contribution is 7.68. The minimum Gasteiger partial charge on any atom is -0.497 e. The zero-order valence-electron chi connectivity index (χ0n) is 17.9. The van der Waals surface area contributed by atoms with E-state index in [4.69, 9.17) is 18.7 Å². The van der Waals surface area contributed by atoms with E-state index in [9.17, 15) is 0 Å². The SMILES string of the molecule is COCOCC1(c2ccc(OC)cc2)C=C1COP(c1ccccc1)c1ccccc1. The minimum atomic E-state index is -0.904. The third-order valence-electron chi connectivity index (χ3n) is 5.38. The summed E-state index contributed by atoms with van der Waals surface area (Å²) in [4.78, 5) is 0. The van der Waals surface area contributed by atoms with Gasteiger partial charge in [-0.05, 0) is 23.3 Å². The molecule has 1 unspecified atom stereocenters. The molecule has 5 heteroatoms. The summed E-state index contributed by atoms with van der Waals surface area (Å²) in [5.41, 5.74) is 2.15. The van der Waals surface area contributed by atoms with Crippen LogP contribution < -0.4 is 15.3 Å². The largest absolute Gasteiger partial charge is 0.497 e. The number of hydrogen-bond donors (Lipinski definition) is 0. The van der Waals surface area contributed by atoms with Gasteiger partial charge in [0.25, 0.3) is 0 Å². The van der Waals surface area contributed by atoms with Crippen molar-refractivity contribution in [2.45, 2.75) is 5.41 Å². The number of benzene rings is 3. The van der Waals surface area contributed by atoms with E-state index in [-0.39, 0.29) is 12.2 Å². The Morgan fingerprint density at radius 3 is 1.94 bits per heavy atom. The molecular formula is C26H27O4P. The van der Waals surface area contributed by atoms with Crippen molar-refractivity contribution in [3.05, 3.63) is 102 Å². The minimum absolute atomic E-state index is 0.251. The van der Waals surface area contributed by atoms with Crippen LogP contribution in [0.2, 0.25) is 0 Å². The number of hydrogen-bond acceptors (Lipinski definition) is 4. The smallest absolute Gasteiger partial charge is 0.146 e. The Kier molecular flexibility index (Phi) is 7.16. The summed E-state index contributed by atoms with van der Waals surface area (Å²) >= 11 is 0. The molecule has 31 heavy (non-hydrogen) atoms. The van der Waals surface area contributed by atoms with Crippen LogP contribution in [-0.4, -0.2) is 34.2 Å². The van der Waals surface area contributed by atoms with Crippen molar-refractivity contribution < 1.29 is 18.7 Å². The van der Waals surface area contributed by atoms with E-state index in [1.165, 1.54) is 21.7 Å². The van der Waals surface area contributed by atoms with Gasteiger partial charge < -0.3 is 18.7 Å². The first-order valence-electron chi connectivity index (χ1n) is 10.2. The zero-order valence-corrected chi connectivity index (χ0v) is 18.8. The van der Waals surface area contributed by atoms with Crippen LogP contribution in [0.25, 0.3) is 0 Å². The van der Waals surface area contributed by atoms with Crippen molar-refractivity contribution in [2.75, 3.05) is 34.2 Å². The van der Waals surface area contributed by atoms with Gasteiger partial charge in [0.05, 0.1) is 33.9 Å². The fourth-order valence-corrected chi connectivity index (χ4v) is 5.40. The van der Waals surface area contributed by atoms with Gasteiger partial charge in [-0.2, -0.15) is 0 Å². The summed E-state index contributed by atoms with van der Waals surface area (Å²) in [5, 5.41) is 2.41. The molecular weight excluding hydrogens is 407 g/mol. The highest BCUT2D eigenvalue weighted by atomic mass is 31.1. The van der Waals surface area contributed by atoms with Crippen molar-refractivity contribution in [1.82, 2.24) is 0 Å². The summed E-state index contributed by atoms with van der Waals surface area (Å²) in [6, 6.07) is 29.0. The van der Waals surface area contributed by atoms with Gasteiger partial charge in [-0.25, -0.2) is 0 Å². The van der Waals surface area contributed by atoms with Crippen molar-refractivity contribution >= 4 is 18.8 Å². The lowest BCUT2D eigenvalue weighted by Crippen LogP contribution is -2.22. The molecule has 0 amide bonds. The van der Waals surface area contributed by atoms with Gasteiger partial charge in [0, 0.05) is 17.7 Å². The molecule has 0 N–H and O–H groups in total. The van der Waals surface area contributed by atoms with Gasteiger partial charge in [0.15, 0.2) is 0 Å². The number of rotatable bonds is 11. The van der Waals surface area contributed by atoms with E-state index < -0.39 is 8.15 Å². The Bertz CT molecular complexity index is 949. The van der Waals surface area contributed by atoms with E-state index in [2.05, 4.69) is 66.7 Å². The molecule has 0 fully saturated rings. The maximum Gasteiger partial charge on any atom is 0.146 e. The number of methoxy groups -OCH3 is 2. The quantitative estimate of drug-likeness (QED) is 0.192. The third kappa shape index (κ3) is 5.06. The fourth-order valence-electron chi connectivity index (χ4n) is 3.65. The Balaban J connectivity index is 1.51. The molecule has 1 atom stereocenters. The lowest BCUT2D eigenvalue weighted by Gasteiger charge is -2.22. The molecule has 1 aliphatic carbocycles. The second kappa shape index (κ2) is 10.2. The normalized spacial score (nSPS) is 17.5. The molecule has 0 bridgehead atoms. The van der Waals surface area contributed by atoms with Gasteiger partial charge in [-0.15, -0.1) is 0 Å². The molecule has 0 aliphatic heterocycles. The highest BCUT2D eigenvalue weighted by Gasteiger charge is 2.46. The fraction of sp³-hybridized carbons (Fsp3) is 0.231. The van der Waals surface area contributed by atoms with Crippen molar-refractivity contribution in [2.24, 2.45) is 0 Å². The predicted octanol–water partition coefficient (Wildman–Crippen LogP) is 4.56. The van der Waals surface area contributed by atoms with Gasteiger partial charge in [-0.3, -0.25) is 0 Å². The van der Waals surface area contributed by atoms with E-state index in [0.717, 1.165) is 5.75 Å². The van der Waals surface area contributed by atoms with Gasteiger partial charge >= 0.3 is 0 Å². The Hall–Kier alpha value is -2.49. The van der Waals surface area contributed by atoms with Crippen LogP contribution in [0.1, 0.15) is 5.56 Å². The van der Waals surface area contributed by atoms with Crippen LogP contribution >= 0.6 is 8.15 Å². The van der Waals surface area contributed by atoms with Crippen LogP contribution in [0.5, 0.6) is 5.75 Å². The zero-order chi connectivity index (χ0) is 21.5.